The highest BCUT2D eigenvalue weighted by molar-refractivity contribution is 6.42. The number of halogens is 2. The second-order valence-electron chi connectivity index (χ2n) is 2.73. The standard InChI is InChI=1S/C10H7Cl2N/c11-9-2-1-7(5-10(9)12)8-3-4-13-6-8/h1-6,13H. The van der Waals surface area contributed by atoms with Crippen LogP contribution in [0.3, 0.4) is 0 Å². The van der Waals surface area contributed by atoms with E-state index < -0.39 is 0 Å². The molecule has 1 aromatic carbocycles. The number of aromatic nitrogens is 1. The Morgan fingerprint density at radius 2 is 1.77 bits per heavy atom. The van der Waals surface area contributed by atoms with Gasteiger partial charge in [-0.3, -0.25) is 0 Å². The van der Waals surface area contributed by atoms with E-state index in [1.807, 2.05) is 30.6 Å². The van der Waals surface area contributed by atoms with E-state index in [-0.39, 0.29) is 0 Å². The Bertz CT molecular complexity index is 407. The third-order valence-electron chi connectivity index (χ3n) is 1.85. The molecular weight excluding hydrogens is 205 g/mol. The largest absolute Gasteiger partial charge is 0.367 e. The summed E-state index contributed by atoms with van der Waals surface area (Å²) in [5.41, 5.74) is 2.18. The van der Waals surface area contributed by atoms with Gasteiger partial charge in [0, 0.05) is 12.4 Å². The molecule has 1 N–H and O–H groups in total. The van der Waals surface area contributed by atoms with E-state index in [0.717, 1.165) is 11.1 Å². The first-order valence-electron chi connectivity index (χ1n) is 3.85. The zero-order valence-electron chi connectivity index (χ0n) is 6.72. The minimum Gasteiger partial charge on any atom is -0.367 e. The molecule has 0 amide bonds. The van der Waals surface area contributed by atoms with E-state index in [0.29, 0.717) is 10.0 Å². The summed E-state index contributed by atoms with van der Waals surface area (Å²) < 4.78 is 0. The van der Waals surface area contributed by atoms with E-state index >= 15 is 0 Å². The maximum Gasteiger partial charge on any atom is 0.0598 e. The maximum absolute atomic E-state index is 5.89. The lowest BCUT2D eigenvalue weighted by Crippen LogP contribution is -1.74. The summed E-state index contributed by atoms with van der Waals surface area (Å²) in [6, 6.07) is 7.58. The Kier molecular flexibility index (Phi) is 2.30. The fourth-order valence-electron chi connectivity index (χ4n) is 1.18. The average Bonchev–Trinajstić information content (AvgIpc) is 2.62. The maximum atomic E-state index is 5.89. The Hall–Kier alpha value is -0.920. The topological polar surface area (TPSA) is 15.8 Å². The molecule has 0 aliphatic carbocycles. The molecule has 0 atom stereocenters. The van der Waals surface area contributed by atoms with E-state index in [1.54, 1.807) is 6.07 Å². The highest BCUT2D eigenvalue weighted by Gasteiger charge is 2.01. The van der Waals surface area contributed by atoms with Crippen molar-refractivity contribution in [3.63, 3.8) is 0 Å². The molecule has 2 rings (SSSR count). The second kappa shape index (κ2) is 3.44. The lowest BCUT2D eigenvalue weighted by molar-refractivity contribution is 1.41. The molecule has 1 aromatic heterocycles. The van der Waals surface area contributed by atoms with Crippen LogP contribution in [0.4, 0.5) is 0 Å². The van der Waals surface area contributed by atoms with Crippen molar-refractivity contribution in [2.75, 3.05) is 0 Å². The van der Waals surface area contributed by atoms with Crippen LogP contribution in [0.2, 0.25) is 10.0 Å². The molecule has 0 saturated heterocycles. The first-order chi connectivity index (χ1) is 6.27. The first kappa shape index (κ1) is 8.67. The molecule has 1 heterocycles. The SMILES string of the molecule is Clc1ccc(-c2cc[nH]c2)cc1Cl. The van der Waals surface area contributed by atoms with Crippen molar-refractivity contribution in [1.29, 1.82) is 0 Å². The molecule has 0 saturated carbocycles. The van der Waals surface area contributed by atoms with Crippen molar-refractivity contribution >= 4 is 23.2 Å². The third kappa shape index (κ3) is 1.71. The number of nitrogens with one attached hydrogen (secondary N) is 1. The summed E-state index contributed by atoms with van der Waals surface area (Å²) in [7, 11) is 0. The Balaban J connectivity index is 2.49. The number of aromatic amines is 1. The highest BCUT2D eigenvalue weighted by Crippen LogP contribution is 2.27. The van der Waals surface area contributed by atoms with Gasteiger partial charge in [0.15, 0.2) is 0 Å². The average molecular weight is 212 g/mol. The Morgan fingerprint density at radius 3 is 2.38 bits per heavy atom. The van der Waals surface area contributed by atoms with E-state index in [4.69, 9.17) is 23.2 Å². The minimum atomic E-state index is 0.584. The van der Waals surface area contributed by atoms with Crippen molar-refractivity contribution in [2.24, 2.45) is 0 Å². The Labute approximate surface area is 86.3 Å². The molecule has 2 aromatic rings. The monoisotopic (exact) mass is 211 g/mol. The molecular formula is C10H7Cl2N. The van der Waals surface area contributed by atoms with Crippen molar-refractivity contribution in [3.05, 3.63) is 46.7 Å². The lowest BCUT2D eigenvalue weighted by Gasteiger charge is -1.99. The van der Waals surface area contributed by atoms with Gasteiger partial charge in [0.05, 0.1) is 10.0 Å². The van der Waals surface area contributed by atoms with Gasteiger partial charge < -0.3 is 4.98 Å². The molecule has 0 aliphatic heterocycles. The zero-order chi connectivity index (χ0) is 9.26. The molecule has 0 unspecified atom stereocenters. The lowest BCUT2D eigenvalue weighted by atomic mass is 10.1. The van der Waals surface area contributed by atoms with Gasteiger partial charge in [0.25, 0.3) is 0 Å². The van der Waals surface area contributed by atoms with Crippen molar-refractivity contribution < 1.29 is 0 Å². The van der Waals surface area contributed by atoms with Gasteiger partial charge >= 0.3 is 0 Å². The summed E-state index contributed by atoms with van der Waals surface area (Å²) in [6.45, 7) is 0. The van der Waals surface area contributed by atoms with Gasteiger partial charge in [-0.1, -0.05) is 29.3 Å². The molecule has 1 nitrogen and oxygen atoms in total. The molecule has 0 radical (unpaired) electrons. The predicted octanol–water partition coefficient (Wildman–Crippen LogP) is 3.99. The fourth-order valence-corrected chi connectivity index (χ4v) is 1.48. The number of hydrogen-bond donors (Lipinski definition) is 1. The van der Waals surface area contributed by atoms with Crippen LogP contribution < -0.4 is 0 Å². The molecule has 0 bridgehead atoms. The molecule has 0 fully saturated rings. The summed E-state index contributed by atoms with van der Waals surface area (Å²) in [6.07, 6.45) is 3.79. The van der Waals surface area contributed by atoms with Crippen LogP contribution in [0.15, 0.2) is 36.7 Å². The first-order valence-corrected chi connectivity index (χ1v) is 4.61. The molecule has 13 heavy (non-hydrogen) atoms. The van der Waals surface area contributed by atoms with Gasteiger partial charge in [-0.25, -0.2) is 0 Å². The summed E-state index contributed by atoms with van der Waals surface area (Å²) in [5.74, 6) is 0. The summed E-state index contributed by atoms with van der Waals surface area (Å²) >= 11 is 11.7. The van der Waals surface area contributed by atoms with E-state index in [2.05, 4.69) is 4.98 Å². The fraction of sp³-hybridized carbons (Fsp3) is 0. The van der Waals surface area contributed by atoms with Crippen LogP contribution in [-0.2, 0) is 0 Å². The quantitative estimate of drug-likeness (QED) is 0.735. The number of rotatable bonds is 1. The second-order valence-corrected chi connectivity index (χ2v) is 3.54. The Morgan fingerprint density at radius 1 is 0.923 bits per heavy atom. The van der Waals surface area contributed by atoms with Crippen molar-refractivity contribution in [1.82, 2.24) is 4.98 Å². The van der Waals surface area contributed by atoms with Gasteiger partial charge in [-0.15, -0.1) is 0 Å². The molecule has 3 heteroatoms. The predicted molar refractivity (Wildman–Crippen MR) is 56.2 cm³/mol. The van der Waals surface area contributed by atoms with Gasteiger partial charge in [0.2, 0.25) is 0 Å². The van der Waals surface area contributed by atoms with Crippen LogP contribution in [0.5, 0.6) is 0 Å². The number of hydrogen-bond acceptors (Lipinski definition) is 0. The van der Waals surface area contributed by atoms with E-state index in [9.17, 15) is 0 Å². The molecule has 0 aliphatic rings. The van der Waals surface area contributed by atoms with Gasteiger partial charge in [-0.05, 0) is 29.3 Å². The minimum absolute atomic E-state index is 0.584. The van der Waals surface area contributed by atoms with Crippen molar-refractivity contribution in [3.8, 4) is 11.1 Å². The normalized spacial score (nSPS) is 10.3. The third-order valence-corrected chi connectivity index (χ3v) is 2.59. The summed E-state index contributed by atoms with van der Waals surface area (Å²) in [5, 5.41) is 1.17. The number of benzene rings is 1. The number of H-pyrrole nitrogens is 1. The van der Waals surface area contributed by atoms with E-state index in [1.165, 1.54) is 0 Å². The summed E-state index contributed by atoms with van der Waals surface area (Å²) in [4.78, 5) is 2.99. The zero-order valence-corrected chi connectivity index (χ0v) is 8.23. The van der Waals surface area contributed by atoms with Crippen LogP contribution in [0.25, 0.3) is 11.1 Å². The van der Waals surface area contributed by atoms with Crippen LogP contribution in [-0.4, -0.2) is 4.98 Å². The van der Waals surface area contributed by atoms with Crippen LogP contribution in [0, 0.1) is 0 Å². The van der Waals surface area contributed by atoms with Gasteiger partial charge in [-0.2, -0.15) is 0 Å². The smallest absolute Gasteiger partial charge is 0.0598 e. The molecule has 66 valence electrons. The van der Waals surface area contributed by atoms with Crippen molar-refractivity contribution in [2.45, 2.75) is 0 Å². The molecule has 0 spiro atoms. The van der Waals surface area contributed by atoms with Crippen LogP contribution >= 0.6 is 23.2 Å². The van der Waals surface area contributed by atoms with Crippen LogP contribution in [0.1, 0.15) is 0 Å². The van der Waals surface area contributed by atoms with Gasteiger partial charge in [0.1, 0.15) is 0 Å². The highest BCUT2D eigenvalue weighted by atomic mass is 35.5.